The van der Waals surface area contributed by atoms with E-state index in [0.717, 1.165) is 22.4 Å². The molecule has 1 aromatic heterocycles. The Morgan fingerprint density at radius 2 is 1.92 bits per heavy atom. The lowest BCUT2D eigenvalue weighted by molar-refractivity contribution is -0.133. The third-order valence-electron chi connectivity index (χ3n) is 6.64. The van der Waals surface area contributed by atoms with E-state index in [4.69, 9.17) is 9.47 Å². The Balaban J connectivity index is 1.16. The molecule has 1 fully saturated rings. The van der Waals surface area contributed by atoms with Crippen LogP contribution in [0, 0.1) is 0 Å². The fourth-order valence-corrected chi connectivity index (χ4v) is 4.78. The highest BCUT2D eigenvalue weighted by Gasteiger charge is 2.32. The van der Waals surface area contributed by atoms with E-state index >= 15 is 0 Å². The van der Waals surface area contributed by atoms with Crippen LogP contribution < -0.4 is 10.1 Å². The van der Waals surface area contributed by atoms with Crippen molar-refractivity contribution in [3.05, 3.63) is 83.6 Å². The molecular formula is C28H27N3O5. The van der Waals surface area contributed by atoms with Crippen molar-refractivity contribution in [2.45, 2.75) is 24.9 Å². The molecule has 5 rings (SSSR count). The van der Waals surface area contributed by atoms with Crippen molar-refractivity contribution in [1.29, 1.82) is 0 Å². The Kier molecular flexibility index (Phi) is 6.66. The van der Waals surface area contributed by atoms with Gasteiger partial charge in [-0.05, 0) is 29.3 Å². The molecular weight excluding hydrogens is 458 g/mol. The van der Waals surface area contributed by atoms with Crippen molar-refractivity contribution in [2.24, 2.45) is 0 Å². The topological polar surface area (TPSA) is 97.8 Å². The zero-order chi connectivity index (χ0) is 25.1. The van der Waals surface area contributed by atoms with E-state index in [1.54, 1.807) is 17.0 Å². The average Bonchev–Trinajstić information content (AvgIpc) is 3.50. The molecule has 2 amide bonds. The minimum Gasteiger partial charge on any atom is -0.487 e. The van der Waals surface area contributed by atoms with Crippen molar-refractivity contribution >= 4 is 17.8 Å². The first kappa shape index (κ1) is 23.5. The Hall–Kier alpha value is -4.20. The van der Waals surface area contributed by atoms with Gasteiger partial charge in [0.05, 0.1) is 31.5 Å². The summed E-state index contributed by atoms with van der Waals surface area (Å²) in [5, 5.41) is 2.92. The molecule has 36 heavy (non-hydrogen) atoms. The monoisotopic (exact) mass is 485 g/mol. The number of pyridine rings is 1. The number of benzene rings is 2. The van der Waals surface area contributed by atoms with Gasteiger partial charge in [0.25, 0.3) is 0 Å². The Bertz CT molecular complexity index is 1280. The second kappa shape index (κ2) is 10.2. The van der Waals surface area contributed by atoms with Gasteiger partial charge < -0.3 is 19.7 Å². The fourth-order valence-electron chi connectivity index (χ4n) is 4.78. The fraction of sp³-hybridized carbons (Fsp3) is 0.286. The lowest BCUT2D eigenvalue weighted by Crippen LogP contribution is -2.41. The van der Waals surface area contributed by atoms with Crippen LogP contribution in [0.1, 0.15) is 33.8 Å². The number of hydrogen-bond acceptors (Lipinski definition) is 6. The smallest absolute Gasteiger partial charge is 0.339 e. The number of likely N-dealkylation sites (tertiary alicyclic amines) is 1. The number of methoxy groups -OCH3 is 1. The summed E-state index contributed by atoms with van der Waals surface area (Å²) in [4.78, 5) is 42.8. The first-order valence-electron chi connectivity index (χ1n) is 11.9. The maximum Gasteiger partial charge on any atom is 0.339 e. The summed E-state index contributed by atoms with van der Waals surface area (Å²) < 4.78 is 10.9. The first-order chi connectivity index (χ1) is 17.5. The minimum absolute atomic E-state index is 0.00103. The van der Waals surface area contributed by atoms with Gasteiger partial charge >= 0.3 is 5.97 Å². The number of nitrogens with one attached hydrogen (secondary N) is 1. The van der Waals surface area contributed by atoms with Gasteiger partial charge in [-0.25, -0.2) is 4.79 Å². The van der Waals surface area contributed by atoms with Crippen molar-refractivity contribution in [3.8, 4) is 17.0 Å². The van der Waals surface area contributed by atoms with Crippen molar-refractivity contribution in [1.82, 2.24) is 15.2 Å². The maximum absolute atomic E-state index is 12.6. The largest absolute Gasteiger partial charge is 0.487 e. The minimum atomic E-state index is -0.439. The van der Waals surface area contributed by atoms with Crippen molar-refractivity contribution < 1.29 is 23.9 Å². The number of hydrogen-bond donors (Lipinski definition) is 1. The van der Waals surface area contributed by atoms with Crippen LogP contribution in [-0.4, -0.2) is 60.5 Å². The molecule has 2 aliphatic heterocycles. The van der Waals surface area contributed by atoms with Crippen LogP contribution >= 0.6 is 0 Å². The second-order valence-corrected chi connectivity index (χ2v) is 9.05. The van der Waals surface area contributed by atoms with E-state index in [0.29, 0.717) is 37.2 Å². The van der Waals surface area contributed by atoms with Crippen LogP contribution in [0.25, 0.3) is 11.3 Å². The van der Waals surface area contributed by atoms with Crippen LogP contribution in [0.4, 0.5) is 0 Å². The van der Waals surface area contributed by atoms with Gasteiger partial charge in [0.2, 0.25) is 11.8 Å². The van der Waals surface area contributed by atoms with Gasteiger partial charge in [0, 0.05) is 37.1 Å². The Morgan fingerprint density at radius 3 is 2.67 bits per heavy atom. The zero-order valence-electron chi connectivity index (χ0n) is 20.0. The standard InChI is InChI=1S/C28H27N3O5/c1-35-28(34)20-10-11-24(29-14-20)23-9-5-8-19-12-22(36-27(19)23)15-30-25(32)17-31-16-21(13-26(31)33)18-6-3-2-4-7-18/h2-11,14,21-22H,12-13,15-17H2,1H3,(H,30,32)/t21-,22+/m1/s1. The van der Waals surface area contributed by atoms with Crippen LogP contribution in [-0.2, 0) is 20.7 Å². The zero-order valence-corrected chi connectivity index (χ0v) is 20.0. The SMILES string of the molecule is COC(=O)c1ccc(-c2cccc3c2O[C@H](CNC(=O)CN2C[C@H](c4ccccc4)CC2=O)C3)nc1. The van der Waals surface area contributed by atoms with E-state index < -0.39 is 5.97 Å². The molecule has 8 heteroatoms. The number of ether oxygens (including phenoxy) is 2. The average molecular weight is 486 g/mol. The second-order valence-electron chi connectivity index (χ2n) is 9.05. The van der Waals surface area contributed by atoms with Crippen LogP contribution in [0.3, 0.4) is 0 Å². The summed E-state index contributed by atoms with van der Waals surface area (Å²) in [6, 6.07) is 19.2. The van der Waals surface area contributed by atoms with Gasteiger partial charge in [0.15, 0.2) is 0 Å². The molecule has 0 saturated carbocycles. The highest BCUT2D eigenvalue weighted by Crippen LogP contribution is 2.38. The molecule has 1 saturated heterocycles. The maximum atomic E-state index is 12.6. The number of nitrogens with zero attached hydrogens (tertiary/aromatic N) is 2. The summed E-state index contributed by atoms with van der Waals surface area (Å²) >= 11 is 0. The summed E-state index contributed by atoms with van der Waals surface area (Å²) in [6.07, 6.45) is 2.35. The molecule has 8 nitrogen and oxygen atoms in total. The molecule has 0 aliphatic carbocycles. The Labute approximate surface area is 209 Å². The summed E-state index contributed by atoms with van der Waals surface area (Å²) in [7, 11) is 1.33. The molecule has 3 aromatic rings. The molecule has 0 spiro atoms. The highest BCUT2D eigenvalue weighted by molar-refractivity contribution is 5.89. The van der Waals surface area contributed by atoms with Crippen molar-refractivity contribution in [3.63, 3.8) is 0 Å². The molecule has 0 bridgehead atoms. The predicted molar refractivity (Wildman–Crippen MR) is 133 cm³/mol. The Morgan fingerprint density at radius 1 is 1.08 bits per heavy atom. The van der Waals surface area contributed by atoms with Gasteiger partial charge in [-0.15, -0.1) is 0 Å². The molecule has 2 atom stereocenters. The summed E-state index contributed by atoms with van der Waals surface area (Å²) in [5.41, 5.74) is 4.04. The first-order valence-corrected chi connectivity index (χ1v) is 11.9. The van der Waals surface area contributed by atoms with Crippen LogP contribution in [0.15, 0.2) is 66.9 Å². The van der Waals surface area contributed by atoms with E-state index in [2.05, 4.69) is 10.3 Å². The summed E-state index contributed by atoms with van der Waals surface area (Å²) in [5.74, 6) is 0.213. The van der Waals surface area contributed by atoms with Crippen LogP contribution in [0.5, 0.6) is 5.75 Å². The molecule has 0 radical (unpaired) electrons. The number of carbonyl (C=O) groups excluding carboxylic acids is 3. The van der Waals surface area contributed by atoms with E-state index in [9.17, 15) is 14.4 Å². The normalized spacial score (nSPS) is 18.5. The number of aromatic nitrogens is 1. The van der Waals surface area contributed by atoms with Gasteiger partial charge in [-0.2, -0.15) is 0 Å². The van der Waals surface area contributed by atoms with Crippen molar-refractivity contribution in [2.75, 3.05) is 26.7 Å². The van der Waals surface area contributed by atoms with Gasteiger partial charge in [0.1, 0.15) is 11.9 Å². The number of carbonyl (C=O) groups is 3. The molecule has 184 valence electrons. The molecule has 2 aromatic carbocycles. The number of para-hydroxylation sites is 1. The quantitative estimate of drug-likeness (QED) is 0.517. The number of rotatable bonds is 7. The lowest BCUT2D eigenvalue weighted by Gasteiger charge is -2.18. The highest BCUT2D eigenvalue weighted by atomic mass is 16.5. The number of esters is 1. The molecule has 0 unspecified atom stereocenters. The van der Waals surface area contributed by atoms with Gasteiger partial charge in [-0.3, -0.25) is 14.6 Å². The number of amides is 2. The summed E-state index contributed by atoms with van der Waals surface area (Å²) in [6.45, 7) is 0.933. The van der Waals surface area contributed by atoms with Crippen LogP contribution in [0.2, 0.25) is 0 Å². The third kappa shape index (κ3) is 4.93. The molecule has 1 N–H and O–H groups in total. The molecule has 3 heterocycles. The van der Waals surface area contributed by atoms with E-state index in [-0.39, 0.29) is 30.4 Å². The van der Waals surface area contributed by atoms with E-state index in [1.165, 1.54) is 13.3 Å². The predicted octanol–water partition coefficient (Wildman–Crippen LogP) is 2.97. The molecule has 2 aliphatic rings. The number of fused-ring (bicyclic) bond motifs is 1. The van der Waals surface area contributed by atoms with E-state index in [1.807, 2.05) is 48.5 Å². The van der Waals surface area contributed by atoms with Gasteiger partial charge in [-0.1, -0.05) is 42.5 Å². The third-order valence-corrected chi connectivity index (χ3v) is 6.64. The lowest BCUT2D eigenvalue weighted by atomic mass is 9.99.